The highest BCUT2D eigenvalue weighted by Crippen LogP contribution is 2.13. The summed E-state index contributed by atoms with van der Waals surface area (Å²) in [5, 5.41) is 7.42. The van der Waals surface area contributed by atoms with Crippen LogP contribution in [-0.2, 0) is 4.79 Å². The lowest BCUT2D eigenvalue weighted by atomic mass is 10.0. The van der Waals surface area contributed by atoms with Crippen LogP contribution in [0, 0.1) is 0 Å². The average molecular weight is 366 g/mol. The summed E-state index contributed by atoms with van der Waals surface area (Å²) >= 11 is 0. The lowest BCUT2D eigenvalue weighted by Gasteiger charge is -2.20. The molecule has 0 aromatic heterocycles. The van der Waals surface area contributed by atoms with E-state index in [1.807, 2.05) is 0 Å². The second kappa shape index (κ2) is 20.1. The van der Waals surface area contributed by atoms with Crippen LogP contribution >= 0.6 is 0 Å². The SMILES string of the molecule is CC(=O)O.CCCCCCCCCCCCCCCCN1C=CC=CC1. The number of hydrogen-bond donors (Lipinski definition) is 1. The summed E-state index contributed by atoms with van der Waals surface area (Å²) in [5.74, 6) is -0.833. The zero-order valence-corrected chi connectivity index (χ0v) is 17.4. The van der Waals surface area contributed by atoms with Gasteiger partial charge >= 0.3 is 0 Å². The molecule has 3 nitrogen and oxygen atoms in total. The summed E-state index contributed by atoms with van der Waals surface area (Å²) in [6, 6.07) is 0. The predicted octanol–water partition coefficient (Wildman–Crippen LogP) is 6.94. The molecule has 1 rings (SSSR count). The molecule has 0 unspecified atom stereocenters. The Morgan fingerprint density at radius 1 is 0.808 bits per heavy atom. The first kappa shape index (κ1) is 24.8. The normalized spacial score (nSPS) is 12.8. The standard InChI is InChI=1S/C21H39N.C2H4O2/c1-2-3-4-5-6-7-8-9-10-11-12-13-14-16-19-22-20-17-15-18-21-22;1-2(3)4/h15,17-18,20H,2-14,16,19,21H2,1H3;1H3,(H,3,4). The molecule has 0 amide bonds. The molecular weight excluding hydrogens is 322 g/mol. The summed E-state index contributed by atoms with van der Waals surface area (Å²) in [6.07, 6.45) is 28.9. The first-order chi connectivity index (χ1) is 12.7. The van der Waals surface area contributed by atoms with Crippen LogP contribution in [0.2, 0.25) is 0 Å². The average Bonchev–Trinajstić information content (AvgIpc) is 2.62. The van der Waals surface area contributed by atoms with Gasteiger partial charge in [-0.3, -0.25) is 4.79 Å². The van der Waals surface area contributed by atoms with E-state index >= 15 is 0 Å². The highest BCUT2D eigenvalue weighted by Gasteiger charge is 1.99. The third kappa shape index (κ3) is 20.8. The van der Waals surface area contributed by atoms with Gasteiger partial charge in [0.05, 0.1) is 0 Å². The van der Waals surface area contributed by atoms with Crippen molar-refractivity contribution in [2.75, 3.05) is 13.1 Å². The zero-order chi connectivity index (χ0) is 19.3. The molecule has 1 N–H and O–H groups in total. The molecule has 1 heterocycles. The Morgan fingerprint density at radius 3 is 1.62 bits per heavy atom. The van der Waals surface area contributed by atoms with E-state index in [4.69, 9.17) is 9.90 Å². The molecule has 26 heavy (non-hydrogen) atoms. The Balaban J connectivity index is 0.00000141. The van der Waals surface area contributed by atoms with Gasteiger partial charge in [0.1, 0.15) is 0 Å². The van der Waals surface area contributed by atoms with Gasteiger partial charge in [-0.1, -0.05) is 103 Å². The van der Waals surface area contributed by atoms with E-state index in [2.05, 4.69) is 36.3 Å². The monoisotopic (exact) mass is 365 g/mol. The van der Waals surface area contributed by atoms with Gasteiger partial charge in [-0.2, -0.15) is 0 Å². The van der Waals surface area contributed by atoms with Crippen LogP contribution in [0.5, 0.6) is 0 Å². The van der Waals surface area contributed by atoms with Gasteiger partial charge in [0, 0.05) is 20.0 Å². The van der Waals surface area contributed by atoms with Crippen molar-refractivity contribution in [2.45, 2.75) is 104 Å². The van der Waals surface area contributed by atoms with Crippen LogP contribution in [0.25, 0.3) is 0 Å². The number of aliphatic carboxylic acids is 1. The Labute approximate surface area is 162 Å². The number of carboxylic acids is 1. The second-order valence-corrected chi connectivity index (χ2v) is 7.38. The summed E-state index contributed by atoms with van der Waals surface area (Å²) in [4.78, 5) is 11.4. The van der Waals surface area contributed by atoms with Crippen LogP contribution in [0.3, 0.4) is 0 Å². The highest BCUT2D eigenvalue weighted by atomic mass is 16.4. The third-order valence-corrected chi connectivity index (χ3v) is 4.68. The van der Waals surface area contributed by atoms with Crippen LogP contribution in [-0.4, -0.2) is 29.1 Å². The molecule has 0 aromatic carbocycles. The van der Waals surface area contributed by atoms with Crippen LogP contribution in [0.15, 0.2) is 24.4 Å². The molecule has 152 valence electrons. The molecular formula is C23H43NO2. The molecule has 0 saturated carbocycles. The minimum Gasteiger partial charge on any atom is -0.481 e. The molecule has 0 saturated heterocycles. The maximum Gasteiger partial charge on any atom is 0.300 e. The van der Waals surface area contributed by atoms with Crippen LogP contribution in [0.1, 0.15) is 104 Å². The number of nitrogens with zero attached hydrogens (tertiary/aromatic N) is 1. The van der Waals surface area contributed by atoms with Gasteiger partial charge in [0.25, 0.3) is 5.97 Å². The molecule has 0 aromatic rings. The van der Waals surface area contributed by atoms with Crippen LogP contribution in [0.4, 0.5) is 0 Å². The topological polar surface area (TPSA) is 40.5 Å². The van der Waals surface area contributed by atoms with E-state index in [1.165, 1.54) is 96.4 Å². The van der Waals surface area contributed by atoms with E-state index in [0.29, 0.717) is 0 Å². The molecule has 1 aliphatic heterocycles. The van der Waals surface area contributed by atoms with E-state index in [9.17, 15) is 0 Å². The van der Waals surface area contributed by atoms with Crippen molar-refractivity contribution in [1.29, 1.82) is 0 Å². The van der Waals surface area contributed by atoms with Crippen molar-refractivity contribution in [2.24, 2.45) is 0 Å². The third-order valence-electron chi connectivity index (χ3n) is 4.68. The fraction of sp³-hybridized carbons (Fsp3) is 0.783. The molecule has 0 aliphatic carbocycles. The number of allylic oxidation sites excluding steroid dienone is 2. The fourth-order valence-corrected chi connectivity index (χ4v) is 3.18. The minimum absolute atomic E-state index is 0.833. The summed E-state index contributed by atoms with van der Waals surface area (Å²) in [7, 11) is 0. The van der Waals surface area contributed by atoms with Crippen molar-refractivity contribution in [1.82, 2.24) is 4.90 Å². The van der Waals surface area contributed by atoms with Crippen molar-refractivity contribution in [3.8, 4) is 0 Å². The van der Waals surface area contributed by atoms with E-state index in [0.717, 1.165) is 13.5 Å². The smallest absolute Gasteiger partial charge is 0.300 e. The van der Waals surface area contributed by atoms with E-state index in [1.54, 1.807) is 0 Å². The highest BCUT2D eigenvalue weighted by molar-refractivity contribution is 5.62. The van der Waals surface area contributed by atoms with Gasteiger partial charge in [0.2, 0.25) is 0 Å². The number of carbonyl (C=O) groups is 1. The first-order valence-electron chi connectivity index (χ1n) is 10.9. The van der Waals surface area contributed by atoms with E-state index in [-0.39, 0.29) is 0 Å². The maximum atomic E-state index is 9.00. The van der Waals surface area contributed by atoms with Crippen molar-refractivity contribution in [3.63, 3.8) is 0 Å². The lowest BCUT2D eigenvalue weighted by molar-refractivity contribution is -0.134. The molecule has 1 aliphatic rings. The second-order valence-electron chi connectivity index (χ2n) is 7.38. The molecule has 3 heteroatoms. The van der Waals surface area contributed by atoms with Gasteiger partial charge < -0.3 is 10.0 Å². The van der Waals surface area contributed by atoms with Gasteiger partial charge in [0.15, 0.2) is 0 Å². The minimum atomic E-state index is -0.833. The maximum absolute atomic E-state index is 9.00. The zero-order valence-electron chi connectivity index (χ0n) is 17.4. The molecule has 0 bridgehead atoms. The predicted molar refractivity (Wildman–Crippen MR) is 113 cm³/mol. The first-order valence-corrected chi connectivity index (χ1v) is 10.9. The Kier molecular flexibility index (Phi) is 19.1. The number of unbranched alkanes of at least 4 members (excludes halogenated alkanes) is 13. The quantitative estimate of drug-likeness (QED) is 0.319. The van der Waals surface area contributed by atoms with E-state index < -0.39 is 5.97 Å². The lowest BCUT2D eigenvalue weighted by Crippen LogP contribution is -2.19. The fourth-order valence-electron chi connectivity index (χ4n) is 3.18. The largest absolute Gasteiger partial charge is 0.481 e. The molecule has 0 atom stereocenters. The van der Waals surface area contributed by atoms with Crippen LogP contribution < -0.4 is 0 Å². The summed E-state index contributed by atoms with van der Waals surface area (Å²) in [6.45, 7) is 5.72. The van der Waals surface area contributed by atoms with Gasteiger partial charge in [-0.15, -0.1) is 0 Å². The number of rotatable bonds is 15. The molecule has 0 fully saturated rings. The Bertz CT molecular complexity index is 359. The van der Waals surface area contributed by atoms with Crippen molar-refractivity contribution >= 4 is 5.97 Å². The van der Waals surface area contributed by atoms with Crippen molar-refractivity contribution in [3.05, 3.63) is 24.4 Å². The summed E-state index contributed by atoms with van der Waals surface area (Å²) in [5.41, 5.74) is 0. The number of hydrogen-bond acceptors (Lipinski definition) is 2. The van der Waals surface area contributed by atoms with Crippen molar-refractivity contribution < 1.29 is 9.90 Å². The molecule has 0 radical (unpaired) electrons. The van der Waals surface area contributed by atoms with Gasteiger partial charge in [-0.05, 0) is 18.7 Å². The van der Waals surface area contributed by atoms with Gasteiger partial charge in [-0.25, -0.2) is 0 Å². The Hall–Kier alpha value is -1.25. The molecule has 0 spiro atoms. The Morgan fingerprint density at radius 2 is 1.23 bits per heavy atom. The summed E-state index contributed by atoms with van der Waals surface area (Å²) < 4.78 is 0. The number of carboxylic acid groups (broad SMARTS) is 1.